The number of para-hydroxylation sites is 1. The number of rotatable bonds is 2. The maximum absolute atomic E-state index is 12.3. The summed E-state index contributed by atoms with van der Waals surface area (Å²) in [6.45, 7) is 0. The van der Waals surface area contributed by atoms with Gasteiger partial charge in [0.2, 0.25) is 0 Å². The largest absolute Gasteiger partial charge is 0.496 e. The van der Waals surface area contributed by atoms with Crippen LogP contribution in [-0.4, -0.2) is 12.0 Å². The van der Waals surface area contributed by atoms with Crippen LogP contribution in [0.25, 0.3) is 31.8 Å². The Kier molecular flexibility index (Phi) is 4.30. The van der Waals surface area contributed by atoms with Crippen molar-refractivity contribution in [3.63, 3.8) is 0 Å². The predicted molar refractivity (Wildman–Crippen MR) is 89.5 cm³/mol. The summed E-state index contributed by atoms with van der Waals surface area (Å²) in [6.07, 6.45) is 0. The number of hydrogen-bond donors (Lipinski definition) is 1. The molecule has 0 saturated carbocycles. The van der Waals surface area contributed by atoms with E-state index in [9.17, 15) is 4.79 Å². The molecule has 4 aromatic rings. The Hall–Kier alpha value is -2.01. The van der Waals surface area contributed by atoms with Crippen LogP contribution in [0.2, 0.25) is 0 Å². The molecule has 4 nitrogen and oxygen atoms in total. The second kappa shape index (κ2) is 6.24. The molecule has 117 valence electrons. The first-order valence-corrected chi connectivity index (χ1v) is 7.60. The molecule has 0 fully saturated rings. The number of aromatic nitrogens is 1. The molecule has 0 spiro atoms. The quantitative estimate of drug-likeness (QED) is 0.336. The van der Waals surface area contributed by atoms with E-state index < -0.39 is 5.63 Å². The molecule has 0 aliphatic heterocycles. The molecule has 0 bridgehead atoms. The van der Waals surface area contributed by atoms with Crippen LogP contribution in [0.5, 0.6) is 0 Å². The second-order valence-electron chi connectivity index (χ2n) is 4.84. The SMILES string of the molecule is CNc1ccc2[c-]c(-c3nc4ccccc4s3)c(=O)oc2c1.[Ir]. The fourth-order valence-corrected chi connectivity index (χ4v) is 3.28. The molecule has 23 heavy (non-hydrogen) atoms. The summed E-state index contributed by atoms with van der Waals surface area (Å²) in [5, 5.41) is 4.41. The van der Waals surface area contributed by atoms with Gasteiger partial charge in [-0.2, -0.15) is 11.3 Å². The Balaban J connectivity index is 0.00000156. The van der Waals surface area contributed by atoms with Crippen LogP contribution >= 0.6 is 11.3 Å². The zero-order valence-corrected chi connectivity index (χ0v) is 15.3. The van der Waals surface area contributed by atoms with Crippen molar-refractivity contribution in [2.24, 2.45) is 0 Å². The molecule has 2 aromatic heterocycles. The van der Waals surface area contributed by atoms with E-state index in [0.29, 0.717) is 16.2 Å². The van der Waals surface area contributed by atoms with Crippen LogP contribution < -0.4 is 10.9 Å². The van der Waals surface area contributed by atoms with E-state index in [0.717, 1.165) is 21.3 Å². The van der Waals surface area contributed by atoms with E-state index in [2.05, 4.69) is 16.4 Å². The first kappa shape index (κ1) is 15.9. The first-order valence-electron chi connectivity index (χ1n) is 6.78. The summed E-state index contributed by atoms with van der Waals surface area (Å²) in [5.74, 6) is 0. The number of thiazole rings is 1. The fraction of sp³-hybridized carbons (Fsp3) is 0.0588. The van der Waals surface area contributed by atoms with Crippen molar-refractivity contribution in [2.75, 3.05) is 12.4 Å². The molecule has 0 amide bonds. The van der Waals surface area contributed by atoms with Gasteiger partial charge >= 0.3 is 0 Å². The molecule has 0 aliphatic carbocycles. The second-order valence-corrected chi connectivity index (χ2v) is 5.87. The molecule has 2 heterocycles. The Bertz CT molecular complexity index is 1020. The van der Waals surface area contributed by atoms with Crippen molar-refractivity contribution in [3.05, 3.63) is 59.0 Å². The summed E-state index contributed by atoms with van der Waals surface area (Å²) in [6, 6.07) is 16.5. The summed E-state index contributed by atoms with van der Waals surface area (Å²) < 4.78 is 6.46. The molecule has 0 atom stereocenters. The van der Waals surface area contributed by atoms with E-state index in [1.54, 1.807) is 6.07 Å². The number of anilines is 1. The molecule has 1 N–H and O–H groups in total. The maximum Gasteiger partial charge on any atom is 0.269 e. The molecule has 1 radical (unpaired) electrons. The Labute approximate surface area is 149 Å². The number of hydrogen-bond acceptors (Lipinski definition) is 5. The molecular weight excluding hydrogens is 488 g/mol. The smallest absolute Gasteiger partial charge is 0.269 e. The van der Waals surface area contributed by atoms with Crippen LogP contribution in [-0.2, 0) is 20.1 Å². The molecular formula is C17H11IrN2O2S-. The van der Waals surface area contributed by atoms with Gasteiger partial charge in [0, 0.05) is 37.5 Å². The van der Waals surface area contributed by atoms with Crippen molar-refractivity contribution in [1.82, 2.24) is 4.98 Å². The van der Waals surface area contributed by atoms with Crippen molar-refractivity contribution < 1.29 is 24.5 Å². The molecule has 0 unspecified atom stereocenters. The zero-order chi connectivity index (χ0) is 15.1. The van der Waals surface area contributed by atoms with Crippen LogP contribution in [0.3, 0.4) is 0 Å². The van der Waals surface area contributed by atoms with E-state index in [-0.39, 0.29) is 20.1 Å². The van der Waals surface area contributed by atoms with Gasteiger partial charge in [0.15, 0.2) is 0 Å². The van der Waals surface area contributed by atoms with Gasteiger partial charge in [-0.15, -0.1) is 12.1 Å². The van der Waals surface area contributed by atoms with Gasteiger partial charge in [-0.3, -0.25) is 9.78 Å². The molecule has 2 aromatic carbocycles. The molecule has 0 aliphatic rings. The van der Waals surface area contributed by atoms with Crippen molar-refractivity contribution in [2.45, 2.75) is 0 Å². The monoisotopic (exact) mass is 500 g/mol. The third-order valence-corrected chi connectivity index (χ3v) is 4.50. The van der Waals surface area contributed by atoms with Gasteiger partial charge in [-0.25, -0.2) is 0 Å². The van der Waals surface area contributed by atoms with Gasteiger partial charge in [0.05, 0.1) is 16.1 Å². The van der Waals surface area contributed by atoms with E-state index in [4.69, 9.17) is 4.42 Å². The van der Waals surface area contributed by atoms with Gasteiger partial charge in [0.25, 0.3) is 5.63 Å². The standard InChI is InChI=1S/C17H11N2O2S.Ir/c1-18-11-7-6-10-8-12(17(20)21-14(10)9-11)16-19-13-4-2-3-5-15(13)22-16;/h2-7,9,18H,1H3;/q-1;. The summed E-state index contributed by atoms with van der Waals surface area (Å²) in [4.78, 5) is 16.8. The van der Waals surface area contributed by atoms with Crippen molar-refractivity contribution in [1.29, 1.82) is 0 Å². The minimum Gasteiger partial charge on any atom is -0.496 e. The van der Waals surface area contributed by atoms with Crippen LogP contribution in [0.4, 0.5) is 5.69 Å². The molecule has 4 rings (SSSR count). The van der Waals surface area contributed by atoms with Gasteiger partial charge in [0.1, 0.15) is 0 Å². The summed E-state index contributed by atoms with van der Waals surface area (Å²) >= 11 is 1.47. The predicted octanol–water partition coefficient (Wildman–Crippen LogP) is 3.91. The maximum atomic E-state index is 12.3. The Morgan fingerprint density at radius 3 is 2.83 bits per heavy atom. The number of nitrogens with one attached hydrogen (secondary N) is 1. The minimum absolute atomic E-state index is 0. The molecule has 0 saturated heterocycles. The van der Waals surface area contributed by atoms with Crippen LogP contribution in [0, 0.1) is 6.07 Å². The number of fused-ring (bicyclic) bond motifs is 2. The topological polar surface area (TPSA) is 55.1 Å². The van der Waals surface area contributed by atoms with Gasteiger partial charge in [-0.1, -0.05) is 23.6 Å². The van der Waals surface area contributed by atoms with Crippen LogP contribution in [0.15, 0.2) is 51.7 Å². The van der Waals surface area contributed by atoms with Gasteiger partial charge in [-0.05, 0) is 23.8 Å². The van der Waals surface area contributed by atoms with E-state index in [1.807, 2.05) is 43.4 Å². The molecule has 6 heteroatoms. The third kappa shape index (κ3) is 2.81. The normalized spacial score (nSPS) is 10.7. The third-order valence-electron chi connectivity index (χ3n) is 3.44. The Morgan fingerprint density at radius 2 is 2.04 bits per heavy atom. The van der Waals surface area contributed by atoms with Crippen molar-refractivity contribution in [3.8, 4) is 10.6 Å². The average Bonchev–Trinajstić information content (AvgIpc) is 2.97. The summed E-state index contributed by atoms with van der Waals surface area (Å²) in [7, 11) is 1.82. The minimum atomic E-state index is -0.417. The number of nitrogens with zero attached hydrogens (tertiary/aromatic N) is 1. The van der Waals surface area contributed by atoms with E-state index >= 15 is 0 Å². The zero-order valence-electron chi connectivity index (χ0n) is 12.0. The number of benzene rings is 2. The average molecular weight is 500 g/mol. The fourth-order valence-electron chi connectivity index (χ4n) is 2.32. The van der Waals surface area contributed by atoms with Gasteiger partial charge < -0.3 is 9.73 Å². The first-order chi connectivity index (χ1) is 10.7. The van der Waals surface area contributed by atoms with Crippen molar-refractivity contribution >= 4 is 38.2 Å². The van der Waals surface area contributed by atoms with Crippen LogP contribution in [0.1, 0.15) is 0 Å². The Morgan fingerprint density at radius 1 is 1.22 bits per heavy atom. The van der Waals surface area contributed by atoms with E-state index in [1.165, 1.54) is 11.3 Å². The summed E-state index contributed by atoms with van der Waals surface area (Å²) in [5.41, 5.74) is 2.24.